The molecule has 0 saturated carbocycles. The minimum absolute atomic E-state index is 0.0630. The third kappa shape index (κ3) is 3.08. The maximum absolute atomic E-state index is 9.01. The van der Waals surface area contributed by atoms with Gasteiger partial charge in [-0.3, -0.25) is 0 Å². The highest BCUT2D eigenvalue weighted by Gasteiger charge is 2.21. The highest BCUT2D eigenvalue weighted by molar-refractivity contribution is 5.13. The number of aryl methyl sites for hydroxylation is 1. The molecular weight excluding hydrogens is 190 g/mol. The molecule has 0 aliphatic carbocycles. The van der Waals surface area contributed by atoms with Crippen LogP contribution in [0.25, 0.3) is 0 Å². The second-order valence-corrected chi connectivity index (χ2v) is 3.85. The van der Waals surface area contributed by atoms with Gasteiger partial charge in [-0.25, -0.2) is 0 Å². The van der Waals surface area contributed by atoms with Crippen molar-refractivity contribution >= 4 is 0 Å². The van der Waals surface area contributed by atoms with Gasteiger partial charge in [0.05, 0.1) is 0 Å². The SMILES string of the molecule is CCc1ccc(C(CCO)C(N)CC)o1. The van der Waals surface area contributed by atoms with Crippen molar-refractivity contribution in [1.82, 2.24) is 0 Å². The molecule has 1 rings (SSSR count). The molecule has 0 radical (unpaired) electrons. The first-order chi connectivity index (χ1) is 7.22. The van der Waals surface area contributed by atoms with E-state index in [0.717, 1.165) is 24.4 Å². The molecule has 0 saturated heterocycles. The van der Waals surface area contributed by atoms with Gasteiger partial charge in [0.1, 0.15) is 11.5 Å². The van der Waals surface area contributed by atoms with Gasteiger partial charge in [0, 0.05) is 25.0 Å². The maximum atomic E-state index is 9.01. The second kappa shape index (κ2) is 5.93. The number of hydrogen-bond donors (Lipinski definition) is 2. The average molecular weight is 211 g/mol. The lowest BCUT2D eigenvalue weighted by atomic mass is 9.93. The summed E-state index contributed by atoms with van der Waals surface area (Å²) in [5.41, 5.74) is 6.01. The van der Waals surface area contributed by atoms with Gasteiger partial charge in [-0.15, -0.1) is 0 Å². The van der Waals surface area contributed by atoms with Gasteiger partial charge < -0.3 is 15.3 Å². The fraction of sp³-hybridized carbons (Fsp3) is 0.667. The Morgan fingerprint density at radius 1 is 1.40 bits per heavy atom. The molecule has 0 amide bonds. The lowest BCUT2D eigenvalue weighted by molar-refractivity contribution is 0.254. The van der Waals surface area contributed by atoms with Crippen LogP contribution < -0.4 is 5.73 Å². The smallest absolute Gasteiger partial charge is 0.108 e. The standard InChI is InChI=1S/C12H21NO2/c1-3-9-5-6-12(15-9)10(7-8-14)11(13)4-2/h5-6,10-11,14H,3-4,7-8,13H2,1-2H3. The van der Waals surface area contributed by atoms with Gasteiger partial charge >= 0.3 is 0 Å². The van der Waals surface area contributed by atoms with E-state index in [4.69, 9.17) is 15.3 Å². The summed E-state index contributed by atoms with van der Waals surface area (Å²) in [6.07, 6.45) is 2.46. The Morgan fingerprint density at radius 3 is 2.60 bits per heavy atom. The molecule has 2 atom stereocenters. The molecule has 3 nitrogen and oxygen atoms in total. The summed E-state index contributed by atoms with van der Waals surface area (Å²) < 4.78 is 5.68. The molecule has 0 aromatic carbocycles. The second-order valence-electron chi connectivity index (χ2n) is 3.85. The van der Waals surface area contributed by atoms with Crippen LogP contribution in [0.3, 0.4) is 0 Å². The normalized spacial score (nSPS) is 15.2. The van der Waals surface area contributed by atoms with Crippen molar-refractivity contribution in [1.29, 1.82) is 0 Å². The van der Waals surface area contributed by atoms with Crippen molar-refractivity contribution in [2.24, 2.45) is 5.73 Å². The molecule has 86 valence electrons. The van der Waals surface area contributed by atoms with Crippen molar-refractivity contribution < 1.29 is 9.52 Å². The molecule has 0 bridgehead atoms. The van der Waals surface area contributed by atoms with E-state index in [9.17, 15) is 0 Å². The lowest BCUT2D eigenvalue weighted by Crippen LogP contribution is -2.28. The predicted octanol–water partition coefficient (Wildman–Crippen LogP) is 2.05. The average Bonchev–Trinajstić information content (AvgIpc) is 2.73. The van der Waals surface area contributed by atoms with Crippen LogP contribution in [-0.2, 0) is 6.42 Å². The first-order valence-corrected chi connectivity index (χ1v) is 5.67. The highest BCUT2D eigenvalue weighted by Crippen LogP contribution is 2.26. The van der Waals surface area contributed by atoms with Gasteiger partial charge in [-0.1, -0.05) is 13.8 Å². The number of rotatable bonds is 6. The van der Waals surface area contributed by atoms with Crippen molar-refractivity contribution in [3.8, 4) is 0 Å². The molecule has 3 N–H and O–H groups in total. The maximum Gasteiger partial charge on any atom is 0.108 e. The Bertz CT molecular complexity index is 283. The first-order valence-electron chi connectivity index (χ1n) is 5.67. The summed E-state index contributed by atoms with van der Waals surface area (Å²) in [5, 5.41) is 9.01. The molecular formula is C12H21NO2. The van der Waals surface area contributed by atoms with Crippen LogP contribution in [-0.4, -0.2) is 17.8 Å². The van der Waals surface area contributed by atoms with Gasteiger partial charge in [-0.2, -0.15) is 0 Å². The number of aliphatic hydroxyl groups excluding tert-OH is 1. The van der Waals surface area contributed by atoms with E-state index in [1.807, 2.05) is 12.1 Å². The molecule has 1 heterocycles. The third-order valence-electron chi connectivity index (χ3n) is 2.82. The quantitative estimate of drug-likeness (QED) is 0.757. The summed E-state index contributed by atoms with van der Waals surface area (Å²) in [6.45, 7) is 4.27. The fourth-order valence-electron chi connectivity index (χ4n) is 1.77. The summed E-state index contributed by atoms with van der Waals surface area (Å²) >= 11 is 0. The largest absolute Gasteiger partial charge is 0.466 e. The van der Waals surface area contributed by atoms with Crippen molar-refractivity contribution in [3.05, 3.63) is 23.7 Å². The van der Waals surface area contributed by atoms with E-state index < -0.39 is 0 Å². The van der Waals surface area contributed by atoms with Crippen LogP contribution >= 0.6 is 0 Å². The minimum atomic E-state index is 0.0630. The van der Waals surface area contributed by atoms with Crippen LogP contribution in [0, 0.1) is 0 Å². The van der Waals surface area contributed by atoms with E-state index in [0.29, 0.717) is 6.42 Å². The lowest BCUT2D eigenvalue weighted by Gasteiger charge is -2.19. The number of furan rings is 1. The van der Waals surface area contributed by atoms with Gasteiger partial charge in [0.15, 0.2) is 0 Å². The molecule has 3 heteroatoms. The number of nitrogens with two attached hydrogens (primary N) is 1. The van der Waals surface area contributed by atoms with Crippen molar-refractivity contribution in [2.45, 2.75) is 45.1 Å². The molecule has 2 unspecified atom stereocenters. The third-order valence-corrected chi connectivity index (χ3v) is 2.82. The van der Waals surface area contributed by atoms with Gasteiger partial charge in [0.25, 0.3) is 0 Å². The summed E-state index contributed by atoms with van der Waals surface area (Å²) in [6, 6.07) is 4.03. The zero-order chi connectivity index (χ0) is 11.3. The van der Waals surface area contributed by atoms with E-state index in [2.05, 4.69) is 13.8 Å². The van der Waals surface area contributed by atoms with Crippen LogP contribution in [0.5, 0.6) is 0 Å². The Kier molecular flexibility index (Phi) is 4.85. The molecule has 0 fully saturated rings. The highest BCUT2D eigenvalue weighted by atomic mass is 16.3. The monoisotopic (exact) mass is 211 g/mol. The number of hydrogen-bond acceptors (Lipinski definition) is 3. The fourth-order valence-corrected chi connectivity index (χ4v) is 1.77. The zero-order valence-electron chi connectivity index (χ0n) is 9.57. The van der Waals surface area contributed by atoms with Crippen molar-refractivity contribution in [3.63, 3.8) is 0 Å². The molecule has 15 heavy (non-hydrogen) atoms. The van der Waals surface area contributed by atoms with Crippen molar-refractivity contribution in [2.75, 3.05) is 6.61 Å². The Morgan fingerprint density at radius 2 is 2.13 bits per heavy atom. The molecule has 1 aromatic heterocycles. The van der Waals surface area contributed by atoms with E-state index in [1.54, 1.807) is 0 Å². The topological polar surface area (TPSA) is 59.4 Å². The summed E-state index contributed by atoms with van der Waals surface area (Å²) in [7, 11) is 0. The Balaban J connectivity index is 2.78. The summed E-state index contributed by atoms with van der Waals surface area (Å²) in [4.78, 5) is 0. The Hall–Kier alpha value is -0.800. The van der Waals surface area contributed by atoms with Gasteiger partial charge in [-0.05, 0) is 25.0 Å². The minimum Gasteiger partial charge on any atom is -0.466 e. The zero-order valence-corrected chi connectivity index (χ0v) is 9.57. The molecule has 1 aromatic rings. The van der Waals surface area contributed by atoms with Crippen LogP contribution in [0.1, 0.15) is 44.1 Å². The van der Waals surface area contributed by atoms with Crippen LogP contribution in [0.2, 0.25) is 0 Å². The molecule has 0 spiro atoms. The summed E-state index contributed by atoms with van der Waals surface area (Å²) in [5.74, 6) is 2.03. The van der Waals surface area contributed by atoms with E-state index in [-0.39, 0.29) is 18.6 Å². The number of aliphatic hydroxyl groups is 1. The van der Waals surface area contributed by atoms with E-state index in [1.165, 1.54) is 0 Å². The first kappa shape index (κ1) is 12.3. The van der Waals surface area contributed by atoms with Gasteiger partial charge in [0.2, 0.25) is 0 Å². The van der Waals surface area contributed by atoms with E-state index >= 15 is 0 Å². The Labute approximate surface area is 91.3 Å². The molecule has 0 aliphatic rings. The predicted molar refractivity (Wildman–Crippen MR) is 60.8 cm³/mol. The van der Waals surface area contributed by atoms with Crippen LogP contribution in [0.15, 0.2) is 16.5 Å². The van der Waals surface area contributed by atoms with Crippen LogP contribution in [0.4, 0.5) is 0 Å². The molecule has 0 aliphatic heterocycles.